The molecule has 78 valence electrons. The van der Waals surface area contributed by atoms with Crippen molar-refractivity contribution in [3.63, 3.8) is 0 Å². The molecule has 0 amide bonds. The van der Waals surface area contributed by atoms with E-state index in [0.717, 1.165) is 12.8 Å². The molecule has 0 unspecified atom stereocenters. The van der Waals surface area contributed by atoms with Crippen molar-refractivity contribution in [3.05, 3.63) is 46.8 Å². The molecule has 15 heavy (non-hydrogen) atoms. The van der Waals surface area contributed by atoms with E-state index in [1.807, 2.05) is 0 Å². The van der Waals surface area contributed by atoms with Gasteiger partial charge in [0.25, 0.3) is 0 Å². The van der Waals surface area contributed by atoms with Gasteiger partial charge in [-0.05, 0) is 0 Å². The van der Waals surface area contributed by atoms with Crippen LogP contribution in [0.15, 0.2) is 53.8 Å². The van der Waals surface area contributed by atoms with Crippen LogP contribution in [0.3, 0.4) is 0 Å². The molecule has 0 saturated carbocycles. The number of allylic oxidation sites excluding steroid dienone is 6. The summed E-state index contributed by atoms with van der Waals surface area (Å²) in [6.45, 7) is 4.26. The van der Waals surface area contributed by atoms with Gasteiger partial charge in [0, 0.05) is 0 Å². The Morgan fingerprint density at radius 2 is 1.40 bits per heavy atom. The van der Waals surface area contributed by atoms with E-state index in [2.05, 4.69) is 45.1 Å². The van der Waals surface area contributed by atoms with Gasteiger partial charge in [-0.2, -0.15) is 0 Å². The van der Waals surface area contributed by atoms with Gasteiger partial charge in [0.2, 0.25) is 0 Å². The first-order chi connectivity index (χ1) is 7.27. The standard InChI is InChI=1S/2C6H7N.W/c2*1-5-3-2-4-6(5)7;/h2*2-3H,4H2,1H3;. The topological polar surface area (TPSA) is 24.7 Å². The zero-order chi connectivity index (χ0) is 10.7. The number of nitrogens with zero attached hydrogens (tertiary/aromatic N) is 2. The molecule has 3 heteroatoms. The van der Waals surface area contributed by atoms with Gasteiger partial charge in [-0.15, -0.1) is 0 Å². The van der Waals surface area contributed by atoms with Crippen molar-refractivity contribution < 1.29 is 18.2 Å². The fraction of sp³-hybridized carbons (Fsp3) is 0.333. The summed E-state index contributed by atoms with van der Waals surface area (Å²) in [6, 6.07) is 0. The van der Waals surface area contributed by atoms with Crippen molar-refractivity contribution in [1.82, 2.24) is 0 Å². The van der Waals surface area contributed by atoms with E-state index in [1.54, 1.807) is 0 Å². The third-order valence-corrected chi connectivity index (χ3v) is 4.74. The summed E-state index contributed by atoms with van der Waals surface area (Å²) in [5, 5.41) is 0. The second-order valence-corrected chi connectivity index (χ2v) is 5.64. The number of hydrogen-bond donors (Lipinski definition) is 0. The molecule has 0 fully saturated rings. The van der Waals surface area contributed by atoms with Gasteiger partial charge in [-0.1, -0.05) is 0 Å². The van der Waals surface area contributed by atoms with Crippen LogP contribution in [0.2, 0.25) is 0 Å². The Hall–Kier alpha value is -0.752. The summed E-state index contributed by atoms with van der Waals surface area (Å²) in [5.74, 6) is 0. The summed E-state index contributed by atoms with van der Waals surface area (Å²) >= 11 is -0.903. The summed E-state index contributed by atoms with van der Waals surface area (Å²) in [7, 11) is 0. The summed E-state index contributed by atoms with van der Waals surface area (Å²) in [6.07, 6.45) is 10.7. The summed E-state index contributed by atoms with van der Waals surface area (Å²) < 4.78 is 9.31. The average molecular weight is 370 g/mol. The van der Waals surface area contributed by atoms with Gasteiger partial charge in [0.1, 0.15) is 0 Å². The van der Waals surface area contributed by atoms with Crippen LogP contribution in [0.5, 0.6) is 0 Å². The maximum atomic E-state index is 4.66. The zero-order valence-electron chi connectivity index (χ0n) is 9.03. The Labute approximate surface area is 98.7 Å². The van der Waals surface area contributed by atoms with Gasteiger partial charge < -0.3 is 0 Å². The van der Waals surface area contributed by atoms with Gasteiger partial charge in [-0.25, -0.2) is 0 Å². The van der Waals surface area contributed by atoms with Crippen molar-refractivity contribution in [3.8, 4) is 0 Å². The first-order valence-electron chi connectivity index (χ1n) is 5.08. The molecule has 0 aromatic carbocycles. The van der Waals surface area contributed by atoms with Crippen LogP contribution in [-0.4, -0.2) is 0 Å². The normalized spacial score (nSPS) is 19.1. The van der Waals surface area contributed by atoms with Crippen LogP contribution in [0, 0.1) is 0 Å². The van der Waals surface area contributed by atoms with E-state index in [4.69, 9.17) is 0 Å². The van der Waals surface area contributed by atoms with Gasteiger partial charge in [0.05, 0.1) is 0 Å². The molecule has 2 rings (SSSR count). The molecule has 0 bridgehead atoms. The minimum absolute atomic E-state index is 0.903. The molecule has 0 N–H and O–H groups in total. The van der Waals surface area contributed by atoms with Crippen molar-refractivity contribution in [2.45, 2.75) is 26.7 Å². The van der Waals surface area contributed by atoms with E-state index in [1.165, 1.54) is 22.5 Å². The van der Waals surface area contributed by atoms with Gasteiger partial charge in [0.15, 0.2) is 0 Å². The van der Waals surface area contributed by atoms with Crippen LogP contribution in [0.25, 0.3) is 0 Å². The zero-order valence-corrected chi connectivity index (χ0v) is 12.0. The van der Waals surface area contributed by atoms with Crippen LogP contribution >= 0.6 is 0 Å². The van der Waals surface area contributed by atoms with Crippen molar-refractivity contribution in [2.75, 3.05) is 0 Å². The third-order valence-electron chi connectivity index (χ3n) is 2.57. The Kier molecular flexibility index (Phi) is 3.48. The van der Waals surface area contributed by atoms with Crippen molar-refractivity contribution >= 4 is 0 Å². The van der Waals surface area contributed by atoms with Crippen LogP contribution in [0.1, 0.15) is 26.7 Å². The van der Waals surface area contributed by atoms with Gasteiger partial charge in [-0.3, -0.25) is 0 Å². The van der Waals surface area contributed by atoms with Crippen molar-refractivity contribution in [2.24, 2.45) is 6.99 Å². The molecular formula is C12H14N2W. The summed E-state index contributed by atoms with van der Waals surface area (Å²) in [5.41, 5.74) is 5.15. The first kappa shape index (κ1) is 10.8. The molecule has 0 heterocycles. The maximum absolute atomic E-state index is 4.66. The minimum atomic E-state index is -0.903. The molecule has 2 aliphatic rings. The molecule has 0 radical (unpaired) electrons. The summed E-state index contributed by atoms with van der Waals surface area (Å²) in [4.78, 5) is 0. The monoisotopic (exact) mass is 370 g/mol. The Morgan fingerprint density at radius 1 is 0.933 bits per heavy atom. The molecule has 0 aromatic rings. The second-order valence-electron chi connectivity index (χ2n) is 3.74. The molecular weight excluding hydrogens is 356 g/mol. The predicted octanol–water partition coefficient (Wildman–Crippen LogP) is 3.90. The quantitative estimate of drug-likeness (QED) is 0.705. The number of hydrogen-bond acceptors (Lipinski definition) is 2. The predicted molar refractivity (Wildman–Crippen MR) is 57.8 cm³/mol. The van der Waals surface area contributed by atoms with E-state index in [-0.39, 0.29) is 0 Å². The molecule has 0 saturated heterocycles. The Balaban J connectivity index is 2.10. The molecule has 0 aromatic heterocycles. The second kappa shape index (κ2) is 4.85. The third kappa shape index (κ3) is 2.63. The first-order valence-corrected chi connectivity index (χ1v) is 7.70. The fourth-order valence-corrected chi connectivity index (χ4v) is 3.97. The molecule has 2 nitrogen and oxygen atoms in total. The van der Waals surface area contributed by atoms with Crippen LogP contribution in [0.4, 0.5) is 0 Å². The van der Waals surface area contributed by atoms with E-state index in [9.17, 15) is 0 Å². The van der Waals surface area contributed by atoms with E-state index < -0.39 is 18.2 Å². The Bertz CT molecular complexity index is 418. The molecule has 2 aliphatic carbocycles. The Morgan fingerprint density at radius 3 is 1.73 bits per heavy atom. The molecule has 0 aliphatic heterocycles. The average Bonchev–Trinajstić information content (AvgIpc) is 2.78. The SMILES string of the molecule is CC1=C([N]=[W]=[N]C2=C(C)C=CC2)CC=C1. The van der Waals surface area contributed by atoms with Crippen molar-refractivity contribution in [1.29, 1.82) is 0 Å². The van der Waals surface area contributed by atoms with E-state index >= 15 is 0 Å². The number of rotatable bonds is 2. The van der Waals surface area contributed by atoms with E-state index in [0.29, 0.717) is 0 Å². The molecule has 0 atom stereocenters. The molecule has 0 spiro atoms. The van der Waals surface area contributed by atoms with Crippen LogP contribution in [-0.2, 0) is 18.2 Å². The fourth-order valence-electron chi connectivity index (χ4n) is 1.55. The van der Waals surface area contributed by atoms with Crippen LogP contribution < -0.4 is 0 Å². The van der Waals surface area contributed by atoms with Gasteiger partial charge >= 0.3 is 98.7 Å².